The maximum absolute atomic E-state index is 12.8. The molecular formula is C51H90O9. The van der Waals surface area contributed by atoms with Crippen molar-refractivity contribution in [3.8, 4) is 0 Å². The van der Waals surface area contributed by atoms with Crippen molar-refractivity contribution in [3.63, 3.8) is 0 Å². The fourth-order valence-electron chi connectivity index (χ4n) is 7.17. The lowest BCUT2D eigenvalue weighted by molar-refractivity contribution is -0.305. The molecule has 0 aromatic rings. The Morgan fingerprint density at radius 2 is 1.02 bits per heavy atom. The average molecular weight is 847 g/mol. The van der Waals surface area contributed by atoms with Gasteiger partial charge in [0.15, 0.2) is 6.29 Å². The number of hydrogen-bond acceptors (Lipinski definition) is 9. The molecule has 0 bridgehead atoms. The normalized spacial score (nSPS) is 20.5. The lowest BCUT2D eigenvalue weighted by atomic mass is 9.99. The summed E-state index contributed by atoms with van der Waals surface area (Å²) in [6, 6.07) is 0. The first-order valence-corrected chi connectivity index (χ1v) is 24.4. The second-order valence-corrected chi connectivity index (χ2v) is 16.5. The van der Waals surface area contributed by atoms with E-state index >= 15 is 0 Å². The predicted octanol–water partition coefficient (Wildman–Crippen LogP) is 11.5. The van der Waals surface area contributed by atoms with Crippen LogP contribution >= 0.6 is 0 Å². The van der Waals surface area contributed by atoms with E-state index < -0.39 is 43.4 Å². The number of rotatable bonds is 41. The summed E-state index contributed by atoms with van der Waals surface area (Å²) < 4.78 is 22.8. The zero-order valence-electron chi connectivity index (χ0n) is 38.2. The minimum atomic E-state index is -1.55. The van der Waals surface area contributed by atoms with E-state index in [0.717, 1.165) is 70.6 Å². The highest BCUT2D eigenvalue weighted by molar-refractivity contribution is 5.69. The first-order valence-electron chi connectivity index (χ1n) is 24.4. The van der Waals surface area contributed by atoms with Gasteiger partial charge in [0.2, 0.25) is 0 Å². The van der Waals surface area contributed by atoms with Gasteiger partial charge < -0.3 is 39.4 Å². The number of carbonyl (C=O) groups is 1. The Morgan fingerprint density at radius 1 is 0.550 bits per heavy atom. The van der Waals surface area contributed by atoms with Crippen molar-refractivity contribution in [1.82, 2.24) is 0 Å². The van der Waals surface area contributed by atoms with E-state index in [1.807, 2.05) is 0 Å². The topological polar surface area (TPSA) is 135 Å². The van der Waals surface area contributed by atoms with Gasteiger partial charge in [-0.3, -0.25) is 4.79 Å². The van der Waals surface area contributed by atoms with Crippen molar-refractivity contribution in [2.75, 3.05) is 26.4 Å². The van der Waals surface area contributed by atoms with Crippen molar-refractivity contribution >= 4 is 5.97 Å². The van der Waals surface area contributed by atoms with Gasteiger partial charge in [-0.15, -0.1) is 0 Å². The van der Waals surface area contributed by atoms with Crippen LogP contribution in [0.25, 0.3) is 0 Å². The second kappa shape index (κ2) is 42.2. The summed E-state index contributed by atoms with van der Waals surface area (Å²) in [5.41, 5.74) is 0. The Balaban J connectivity index is 2.26. The quantitative estimate of drug-likeness (QED) is 0.0269. The smallest absolute Gasteiger partial charge is 0.306 e. The SMILES string of the molecule is CC/C=C\C/C=C\C/C=C\C/C=C\C/C=C\CCCCOCC(COC1OC(CO)C(O)C(O)C1O)OC(=O)CCCCCCCCCCCCCCCCCCCCC. The summed E-state index contributed by atoms with van der Waals surface area (Å²) in [4.78, 5) is 12.8. The van der Waals surface area contributed by atoms with E-state index in [0.29, 0.717) is 13.0 Å². The van der Waals surface area contributed by atoms with Crippen molar-refractivity contribution in [3.05, 3.63) is 60.8 Å². The van der Waals surface area contributed by atoms with Crippen LogP contribution in [0.15, 0.2) is 60.8 Å². The minimum absolute atomic E-state index is 0.115. The van der Waals surface area contributed by atoms with E-state index in [2.05, 4.69) is 74.6 Å². The molecule has 0 aliphatic carbocycles. The zero-order valence-corrected chi connectivity index (χ0v) is 38.2. The van der Waals surface area contributed by atoms with Crippen molar-refractivity contribution < 1.29 is 44.2 Å². The molecule has 1 aliphatic rings. The summed E-state index contributed by atoms with van der Waals surface area (Å²) in [5, 5.41) is 40.2. The third kappa shape index (κ3) is 32.6. The fraction of sp³-hybridized carbons (Fsp3) is 0.784. The summed E-state index contributed by atoms with van der Waals surface area (Å²) in [6.45, 7) is 4.35. The molecule has 0 radical (unpaired) electrons. The molecule has 6 atom stereocenters. The standard InChI is InChI=1S/C51H90O9/c1-3-5-7-9-11-13-15-17-19-21-23-24-26-28-30-32-34-36-38-40-47(53)59-45(44-58-51-50(56)49(55)48(54)46(42-52)60-51)43-57-41-39-37-35-33-31-29-27-25-22-20-18-16-14-12-10-8-6-4-2/h6,8,12,14,18,20,25,27,31,33,45-46,48-52,54-56H,3-5,7,9-11,13,15-17,19,21-24,26,28-30,32,34-44H2,1-2H3/b8-6-,14-12-,20-18-,27-25-,33-31-. The molecule has 0 aromatic heterocycles. The Morgan fingerprint density at radius 3 is 1.50 bits per heavy atom. The van der Waals surface area contributed by atoms with Crippen molar-refractivity contribution in [1.29, 1.82) is 0 Å². The molecule has 4 N–H and O–H groups in total. The lowest BCUT2D eigenvalue weighted by Gasteiger charge is -2.39. The van der Waals surface area contributed by atoms with Crippen LogP contribution in [0.2, 0.25) is 0 Å². The zero-order chi connectivity index (χ0) is 43.6. The highest BCUT2D eigenvalue weighted by atomic mass is 16.7. The van der Waals surface area contributed by atoms with Gasteiger partial charge in [0.05, 0.1) is 19.8 Å². The van der Waals surface area contributed by atoms with Crippen LogP contribution in [-0.4, -0.2) is 89.6 Å². The van der Waals surface area contributed by atoms with Gasteiger partial charge in [-0.05, 0) is 57.8 Å². The van der Waals surface area contributed by atoms with Gasteiger partial charge in [-0.2, -0.15) is 0 Å². The molecule has 60 heavy (non-hydrogen) atoms. The highest BCUT2D eigenvalue weighted by Crippen LogP contribution is 2.23. The first-order chi connectivity index (χ1) is 29.4. The highest BCUT2D eigenvalue weighted by Gasteiger charge is 2.44. The number of carbonyl (C=O) groups excluding carboxylic acids is 1. The monoisotopic (exact) mass is 847 g/mol. The second-order valence-electron chi connectivity index (χ2n) is 16.5. The summed E-state index contributed by atoms with van der Waals surface area (Å²) >= 11 is 0. The number of allylic oxidation sites excluding steroid dienone is 10. The van der Waals surface area contributed by atoms with Gasteiger partial charge in [0.1, 0.15) is 30.5 Å². The number of esters is 1. The van der Waals surface area contributed by atoms with Crippen molar-refractivity contribution in [2.45, 2.75) is 230 Å². The molecule has 6 unspecified atom stereocenters. The molecule has 0 aromatic carbocycles. The molecule has 1 aliphatic heterocycles. The van der Waals surface area contributed by atoms with E-state index in [9.17, 15) is 25.2 Å². The Bertz CT molecular complexity index is 1100. The number of hydrogen-bond donors (Lipinski definition) is 4. The van der Waals surface area contributed by atoms with Crippen LogP contribution in [0.3, 0.4) is 0 Å². The molecule has 1 saturated heterocycles. The van der Waals surface area contributed by atoms with Crippen LogP contribution in [0.4, 0.5) is 0 Å². The Hall–Kier alpha value is -2.11. The van der Waals surface area contributed by atoms with Crippen LogP contribution in [0.1, 0.15) is 194 Å². The molecule has 0 saturated carbocycles. The lowest BCUT2D eigenvalue weighted by Crippen LogP contribution is -2.59. The van der Waals surface area contributed by atoms with Crippen molar-refractivity contribution in [2.24, 2.45) is 0 Å². The Kier molecular flexibility index (Phi) is 39.3. The predicted molar refractivity (Wildman–Crippen MR) is 247 cm³/mol. The third-order valence-electron chi connectivity index (χ3n) is 10.9. The molecule has 9 nitrogen and oxygen atoms in total. The summed E-state index contributed by atoms with van der Waals surface area (Å²) in [6.07, 6.45) is 46.8. The van der Waals surface area contributed by atoms with Gasteiger partial charge >= 0.3 is 5.97 Å². The summed E-state index contributed by atoms with van der Waals surface area (Å²) in [5.74, 6) is -0.327. The number of aliphatic hydroxyl groups excluding tert-OH is 4. The van der Waals surface area contributed by atoms with Gasteiger partial charge in [-0.25, -0.2) is 0 Å². The van der Waals surface area contributed by atoms with Crippen LogP contribution in [0.5, 0.6) is 0 Å². The summed E-state index contributed by atoms with van der Waals surface area (Å²) in [7, 11) is 0. The Labute approximate surface area is 366 Å². The molecular weight excluding hydrogens is 757 g/mol. The molecule has 348 valence electrons. The molecule has 1 heterocycles. The number of aliphatic hydroxyl groups is 4. The van der Waals surface area contributed by atoms with Gasteiger partial charge in [0.25, 0.3) is 0 Å². The minimum Gasteiger partial charge on any atom is -0.457 e. The number of unbranched alkanes of at least 4 members (excludes halogenated alkanes) is 20. The fourth-order valence-corrected chi connectivity index (χ4v) is 7.17. The first kappa shape index (κ1) is 55.9. The van der Waals surface area contributed by atoms with E-state index in [4.69, 9.17) is 18.9 Å². The molecule has 0 amide bonds. The maximum atomic E-state index is 12.8. The maximum Gasteiger partial charge on any atom is 0.306 e. The molecule has 9 heteroatoms. The van der Waals surface area contributed by atoms with E-state index in [1.165, 1.54) is 103 Å². The molecule has 1 fully saturated rings. The molecule has 1 rings (SSSR count). The van der Waals surface area contributed by atoms with Gasteiger partial charge in [0, 0.05) is 13.0 Å². The molecule has 0 spiro atoms. The third-order valence-corrected chi connectivity index (χ3v) is 10.9. The van der Waals surface area contributed by atoms with Gasteiger partial charge in [-0.1, -0.05) is 190 Å². The van der Waals surface area contributed by atoms with E-state index in [-0.39, 0.29) is 19.2 Å². The number of ether oxygens (including phenoxy) is 4. The largest absolute Gasteiger partial charge is 0.457 e. The van der Waals surface area contributed by atoms with Crippen LogP contribution in [0, 0.1) is 0 Å². The van der Waals surface area contributed by atoms with Crippen LogP contribution < -0.4 is 0 Å². The van der Waals surface area contributed by atoms with E-state index in [1.54, 1.807) is 0 Å². The average Bonchev–Trinajstić information content (AvgIpc) is 3.25. The van der Waals surface area contributed by atoms with Crippen LogP contribution in [-0.2, 0) is 23.7 Å².